The van der Waals surface area contributed by atoms with Crippen LogP contribution in [0, 0.1) is 11.8 Å². The number of rotatable bonds is 8. The second-order valence-corrected chi connectivity index (χ2v) is 7.47. The normalized spacial score (nSPS) is 22.4. The summed E-state index contributed by atoms with van der Waals surface area (Å²) in [4.78, 5) is 8.21. The van der Waals surface area contributed by atoms with E-state index in [9.17, 15) is 0 Å². The molecule has 120 valence electrons. The Morgan fingerprint density at radius 2 is 1.95 bits per heavy atom. The van der Waals surface area contributed by atoms with Crippen LogP contribution in [-0.2, 0) is 6.54 Å². The maximum atomic E-state index is 4.54. The summed E-state index contributed by atoms with van der Waals surface area (Å²) in [6, 6.07) is 0. The average Bonchev–Trinajstić information content (AvgIpc) is 2.96. The third-order valence-corrected chi connectivity index (χ3v) is 5.80. The molecule has 0 atom stereocenters. The fourth-order valence-corrected chi connectivity index (χ4v) is 4.16. The lowest BCUT2D eigenvalue weighted by Crippen LogP contribution is -2.21. The zero-order valence-electron chi connectivity index (χ0n) is 13.9. The van der Waals surface area contributed by atoms with Crippen LogP contribution < -0.4 is 10.2 Å². The molecule has 4 heteroatoms. The molecule has 0 bridgehead atoms. The Balaban J connectivity index is 1.64. The lowest BCUT2D eigenvalue weighted by atomic mass is 9.81. The van der Waals surface area contributed by atoms with Gasteiger partial charge in [-0.2, -0.15) is 0 Å². The predicted molar refractivity (Wildman–Crippen MR) is 93.1 cm³/mol. The van der Waals surface area contributed by atoms with Gasteiger partial charge in [-0.25, -0.2) is 4.98 Å². The minimum atomic E-state index is 0.960. The van der Waals surface area contributed by atoms with E-state index < -0.39 is 0 Å². The Labute approximate surface area is 134 Å². The van der Waals surface area contributed by atoms with E-state index in [1.807, 2.05) is 17.5 Å². The van der Waals surface area contributed by atoms with Gasteiger partial charge in [0.2, 0.25) is 0 Å². The number of hydrogen-bond acceptors (Lipinski definition) is 4. The van der Waals surface area contributed by atoms with Crippen molar-refractivity contribution in [1.82, 2.24) is 10.3 Å². The standard InChI is InChI=1S/C17H31N3S/c1-4-20(5-2)17-19-13-16(21-17)12-18-11-10-15-8-6-14(3)7-9-15/h13-15,18H,4-12H2,1-3H3. The molecule has 1 fully saturated rings. The highest BCUT2D eigenvalue weighted by molar-refractivity contribution is 7.15. The van der Waals surface area contributed by atoms with Crippen molar-refractivity contribution in [3.63, 3.8) is 0 Å². The van der Waals surface area contributed by atoms with E-state index in [1.165, 1.54) is 37.0 Å². The fraction of sp³-hybridized carbons (Fsp3) is 0.824. The van der Waals surface area contributed by atoms with Gasteiger partial charge in [0.15, 0.2) is 5.13 Å². The van der Waals surface area contributed by atoms with Crippen LogP contribution in [0.25, 0.3) is 0 Å². The molecule has 1 aromatic heterocycles. The van der Waals surface area contributed by atoms with Gasteiger partial charge in [0.25, 0.3) is 0 Å². The van der Waals surface area contributed by atoms with Crippen LogP contribution in [0.1, 0.15) is 57.8 Å². The first-order valence-corrected chi connectivity index (χ1v) is 9.44. The molecule has 3 nitrogen and oxygen atoms in total. The Kier molecular flexibility index (Phi) is 6.97. The van der Waals surface area contributed by atoms with E-state index >= 15 is 0 Å². The van der Waals surface area contributed by atoms with E-state index in [0.29, 0.717) is 0 Å². The summed E-state index contributed by atoms with van der Waals surface area (Å²) < 4.78 is 0. The molecule has 21 heavy (non-hydrogen) atoms. The van der Waals surface area contributed by atoms with E-state index in [1.54, 1.807) is 0 Å². The van der Waals surface area contributed by atoms with Crippen molar-refractivity contribution >= 4 is 16.5 Å². The van der Waals surface area contributed by atoms with E-state index in [4.69, 9.17) is 0 Å². The first kappa shape index (κ1) is 16.8. The number of thiazole rings is 1. The minimum Gasteiger partial charge on any atom is -0.349 e. The Morgan fingerprint density at radius 1 is 1.24 bits per heavy atom. The summed E-state index contributed by atoms with van der Waals surface area (Å²) in [6.07, 6.45) is 9.13. The van der Waals surface area contributed by atoms with Crippen molar-refractivity contribution in [2.24, 2.45) is 11.8 Å². The number of nitrogens with one attached hydrogen (secondary N) is 1. The van der Waals surface area contributed by atoms with E-state index in [0.717, 1.165) is 43.1 Å². The van der Waals surface area contributed by atoms with Gasteiger partial charge in [-0.1, -0.05) is 32.6 Å². The zero-order chi connectivity index (χ0) is 15.1. The van der Waals surface area contributed by atoms with Crippen LogP contribution in [0.3, 0.4) is 0 Å². The van der Waals surface area contributed by atoms with Crippen molar-refractivity contribution in [3.05, 3.63) is 11.1 Å². The van der Waals surface area contributed by atoms with Gasteiger partial charge in [-0.15, -0.1) is 11.3 Å². The van der Waals surface area contributed by atoms with Crippen LogP contribution >= 0.6 is 11.3 Å². The number of anilines is 1. The van der Waals surface area contributed by atoms with Gasteiger partial charge in [0.1, 0.15) is 0 Å². The van der Waals surface area contributed by atoms with Crippen molar-refractivity contribution in [2.45, 2.75) is 59.4 Å². The molecule has 1 aromatic rings. The molecule has 0 radical (unpaired) electrons. The van der Waals surface area contributed by atoms with Gasteiger partial charge in [0.05, 0.1) is 0 Å². The molecule has 1 N–H and O–H groups in total. The quantitative estimate of drug-likeness (QED) is 0.726. The molecule has 1 aliphatic carbocycles. The monoisotopic (exact) mass is 309 g/mol. The lowest BCUT2D eigenvalue weighted by molar-refractivity contribution is 0.275. The van der Waals surface area contributed by atoms with Crippen molar-refractivity contribution in [2.75, 3.05) is 24.5 Å². The van der Waals surface area contributed by atoms with Crippen LogP contribution in [-0.4, -0.2) is 24.6 Å². The highest BCUT2D eigenvalue weighted by Gasteiger charge is 2.17. The highest BCUT2D eigenvalue weighted by atomic mass is 32.1. The summed E-state index contributed by atoms with van der Waals surface area (Å²) in [5.41, 5.74) is 0. The van der Waals surface area contributed by atoms with Gasteiger partial charge in [0, 0.05) is 30.7 Å². The maximum Gasteiger partial charge on any atom is 0.185 e. The van der Waals surface area contributed by atoms with Gasteiger partial charge < -0.3 is 10.2 Å². The largest absolute Gasteiger partial charge is 0.349 e. The van der Waals surface area contributed by atoms with E-state index in [-0.39, 0.29) is 0 Å². The smallest absolute Gasteiger partial charge is 0.185 e. The molecule has 0 spiro atoms. The molecule has 0 unspecified atom stereocenters. The van der Waals surface area contributed by atoms with Crippen molar-refractivity contribution < 1.29 is 0 Å². The molecule has 1 heterocycles. The molecule has 0 amide bonds. The Morgan fingerprint density at radius 3 is 2.62 bits per heavy atom. The second-order valence-electron chi connectivity index (χ2n) is 6.37. The average molecular weight is 310 g/mol. The van der Waals surface area contributed by atoms with E-state index in [2.05, 4.69) is 36.0 Å². The van der Waals surface area contributed by atoms with Gasteiger partial charge >= 0.3 is 0 Å². The SMILES string of the molecule is CCN(CC)c1ncc(CNCCC2CCC(C)CC2)s1. The van der Waals surface area contributed by atoms with Crippen LogP contribution in [0.15, 0.2) is 6.20 Å². The minimum absolute atomic E-state index is 0.960. The molecule has 0 saturated heterocycles. The second kappa shape index (κ2) is 8.74. The number of aromatic nitrogens is 1. The Bertz CT molecular complexity index is 392. The fourth-order valence-electron chi connectivity index (χ4n) is 3.15. The summed E-state index contributed by atoms with van der Waals surface area (Å²) in [5.74, 6) is 1.92. The molecular formula is C17H31N3S. The van der Waals surface area contributed by atoms with Crippen LogP contribution in [0.2, 0.25) is 0 Å². The van der Waals surface area contributed by atoms with Gasteiger partial charge in [-0.05, 0) is 38.6 Å². The Hall–Kier alpha value is -0.610. The highest BCUT2D eigenvalue weighted by Crippen LogP contribution is 2.30. The molecule has 1 aliphatic rings. The number of nitrogens with zero attached hydrogens (tertiary/aromatic N) is 2. The van der Waals surface area contributed by atoms with Crippen LogP contribution in [0.4, 0.5) is 5.13 Å². The molecule has 1 saturated carbocycles. The predicted octanol–water partition coefficient (Wildman–Crippen LogP) is 4.30. The summed E-state index contributed by atoms with van der Waals surface area (Å²) in [7, 11) is 0. The number of hydrogen-bond donors (Lipinski definition) is 1. The molecule has 0 aromatic carbocycles. The first-order chi connectivity index (χ1) is 10.2. The summed E-state index contributed by atoms with van der Waals surface area (Å²) in [5, 5.41) is 4.77. The summed E-state index contributed by atoms with van der Waals surface area (Å²) in [6.45, 7) is 11.0. The first-order valence-electron chi connectivity index (χ1n) is 8.63. The molecular weight excluding hydrogens is 278 g/mol. The molecule has 0 aliphatic heterocycles. The van der Waals surface area contributed by atoms with Crippen molar-refractivity contribution in [1.29, 1.82) is 0 Å². The third-order valence-electron chi connectivity index (χ3n) is 4.74. The molecule has 2 rings (SSSR count). The topological polar surface area (TPSA) is 28.2 Å². The van der Waals surface area contributed by atoms with Gasteiger partial charge in [-0.3, -0.25) is 0 Å². The third kappa shape index (κ3) is 5.26. The zero-order valence-corrected chi connectivity index (χ0v) is 14.7. The van der Waals surface area contributed by atoms with Crippen molar-refractivity contribution in [3.8, 4) is 0 Å². The summed E-state index contributed by atoms with van der Waals surface area (Å²) >= 11 is 1.83. The lowest BCUT2D eigenvalue weighted by Gasteiger charge is -2.26. The van der Waals surface area contributed by atoms with Crippen LogP contribution in [0.5, 0.6) is 0 Å². The maximum absolute atomic E-state index is 4.54.